The first-order valence-corrected chi connectivity index (χ1v) is 10.4. The lowest BCUT2D eigenvalue weighted by atomic mass is 10.1. The average Bonchev–Trinajstić information content (AvgIpc) is 2.72. The predicted octanol–water partition coefficient (Wildman–Crippen LogP) is 2.65. The van der Waals surface area contributed by atoms with Crippen LogP contribution in [0, 0.1) is 0 Å². The molecular formula is C21H19N3O5S. The minimum atomic E-state index is -3.77. The minimum Gasteiger partial charge on any atom is -0.438 e. The molecule has 3 rings (SSSR count). The van der Waals surface area contributed by atoms with Crippen molar-refractivity contribution in [1.29, 1.82) is 0 Å². The third-order valence-electron chi connectivity index (χ3n) is 4.18. The number of amides is 1. The Morgan fingerprint density at radius 2 is 1.80 bits per heavy atom. The summed E-state index contributed by atoms with van der Waals surface area (Å²) in [4.78, 5) is 28.3. The number of nitrogens with two attached hydrogens (primary N) is 1. The second kappa shape index (κ2) is 8.85. The van der Waals surface area contributed by atoms with E-state index >= 15 is 0 Å². The van der Waals surface area contributed by atoms with Crippen LogP contribution in [-0.2, 0) is 16.6 Å². The van der Waals surface area contributed by atoms with Gasteiger partial charge in [0.25, 0.3) is 5.91 Å². The summed E-state index contributed by atoms with van der Waals surface area (Å²) in [6, 6.07) is 15.6. The number of ether oxygens (including phenoxy) is 1. The first-order valence-electron chi connectivity index (χ1n) is 8.88. The molecule has 154 valence electrons. The Morgan fingerprint density at radius 1 is 1.07 bits per heavy atom. The van der Waals surface area contributed by atoms with Gasteiger partial charge < -0.3 is 10.1 Å². The lowest BCUT2D eigenvalue weighted by molar-refractivity contribution is 0.0946. The standard InChI is InChI=1S/C21H19N3O5S/c1-14(25)16-4-2-5-17(12-16)29-21-19(6-3-11-23-21)20(26)24-13-15-7-9-18(10-8-15)30(22,27)28/h2-12H,13H2,1H3,(H,24,26)(H2,22,27,28). The molecule has 1 heterocycles. The fourth-order valence-electron chi connectivity index (χ4n) is 2.61. The summed E-state index contributed by atoms with van der Waals surface area (Å²) < 4.78 is 28.3. The van der Waals surface area contributed by atoms with E-state index in [2.05, 4.69) is 10.3 Å². The fraction of sp³-hybridized carbons (Fsp3) is 0.0952. The molecule has 0 atom stereocenters. The van der Waals surface area contributed by atoms with Gasteiger partial charge in [0.05, 0.1) is 4.90 Å². The fourth-order valence-corrected chi connectivity index (χ4v) is 3.13. The van der Waals surface area contributed by atoms with Crippen LogP contribution in [0.1, 0.15) is 33.2 Å². The Balaban J connectivity index is 1.73. The van der Waals surface area contributed by atoms with Crippen LogP contribution < -0.4 is 15.2 Å². The number of carbonyl (C=O) groups excluding carboxylic acids is 2. The van der Waals surface area contributed by atoms with Gasteiger partial charge in [0.2, 0.25) is 15.9 Å². The molecule has 0 aliphatic rings. The highest BCUT2D eigenvalue weighted by Crippen LogP contribution is 2.24. The van der Waals surface area contributed by atoms with Gasteiger partial charge >= 0.3 is 0 Å². The monoisotopic (exact) mass is 425 g/mol. The van der Waals surface area contributed by atoms with Crippen molar-refractivity contribution in [3.05, 3.63) is 83.6 Å². The van der Waals surface area contributed by atoms with Crippen molar-refractivity contribution in [2.24, 2.45) is 5.14 Å². The lowest BCUT2D eigenvalue weighted by Gasteiger charge is -2.11. The van der Waals surface area contributed by atoms with Gasteiger partial charge in [-0.05, 0) is 48.9 Å². The molecule has 0 spiro atoms. The Morgan fingerprint density at radius 3 is 2.47 bits per heavy atom. The molecule has 0 aliphatic heterocycles. The number of benzene rings is 2. The van der Waals surface area contributed by atoms with Crippen molar-refractivity contribution in [3.63, 3.8) is 0 Å². The first-order chi connectivity index (χ1) is 14.2. The number of nitrogens with zero attached hydrogens (tertiary/aromatic N) is 1. The SMILES string of the molecule is CC(=O)c1cccc(Oc2ncccc2C(=O)NCc2ccc(S(N)(=O)=O)cc2)c1. The Bertz CT molecular complexity index is 1190. The highest BCUT2D eigenvalue weighted by atomic mass is 32.2. The maximum atomic E-state index is 12.6. The van der Waals surface area contributed by atoms with E-state index in [9.17, 15) is 18.0 Å². The topological polar surface area (TPSA) is 128 Å². The maximum absolute atomic E-state index is 12.6. The Labute approximate surface area is 173 Å². The van der Waals surface area contributed by atoms with Crippen LogP contribution in [0.3, 0.4) is 0 Å². The molecule has 1 amide bonds. The van der Waals surface area contributed by atoms with Crippen LogP contribution in [0.5, 0.6) is 11.6 Å². The van der Waals surface area contributed by atoms with E-state index in [4.69, 9.17) is 9.88 Å². The van der Waals surface area contributed by atoms with E-state index in [0.29, 0.717) is 16.9 Å². The molecular weight excluding hydrogens is 406 g/mol. The van der Waals surface area contributed by atoms with E-state index in [1.54, 1.807) is 48.5 Å². The number of Topliss-reactive ketones (excluding diaryl/α,β-unsaturated/α-hetero) is 1. The normalized spacial score (nSPS) is 11.0. The summed E-state index contributed by atoms with van der Waals surface area (Å²) in [6.45, 7) is 1.62. The van der Waals surface area contributed by atoms with Crippen LogP contribution in [0.15, 0.2) is 71.8 Å². The van der Waals surface area contributed by atoms with Gasteiger partial charge in [-0.2, -0.15) is 0 Å². The molecule has 8 nitrogen and oxygen atoms in total. The number of hydrogen-bond donors (Lipinski definition) is 2. The molecule has 9 heteroatoms. The summed E-state index contributed by atoms with van der Waals surface area (Å²) >= 11 is 0. The Hall–Kier alpha value is -3.56. The number of nitrogens with one attached hydrogen (secondary N) is 1. The average molecular weight is 425 g/mol. The quantitative estimate of drug-likeness (QED) is 0.560. The predicted molar refractivity (Wildman–Crippen MR) is 110 cm³/mol. The van der Waals surface area contributed by atoms with Gasteiger partial charge in [-0.1, -0.05) is 24.3 Å². The van der Waals surface area contributed by atoms with Crippen LogP contribution in [0.25, 0.3) is 0 Å². The van der Waals surface area contributed by atoms with Gasteiger partial charge in [-0.25, -0.2) is 18.5 Å². The summed E-state index contributed by atoms with van der Waals surface area (Å²) in [5.74, 6) is -0.0430. The van der Waals surface area contributed by atoms with Crippen LogP contribution in [0.2, 0.25) is 0 Å². The molecule has 3 N–H and O–H groups in total. The lowest BCUT2D eigenvalue weighted by Crippen LogP contribution is -2.23. The second-order valence-corrected chi connectivity index (χ2v) is 7.98. The van der Waals surface area contributed by atoms with Gasteiger partial charge in [-0.15, -0.1) is 0 Å². The van der Waals surface area contributed by atoms with Gasteiger partial charge in [0.1, 0.15) is 11.3 Å². The highest BCUT2D eigenvalue weighted by molar-refractivity contribution is 7.89. The van der Waals surface area contributed by atoms with Gasteiger partial charge in [-0.3, -0.25) is 9.59 Å². The molecule has 0 saturated heterocycles. The molecule has 0 unspecified atom stereocenters. The van der Waals surface area contributed by atoms with Crippen molar-refractivity contribution < 1.29 is 22.7 Å². The number of carbonyl (C=O) groups is 2. The first kappa shape index (κ1) is 21.2. The third-order valence-corrected chi connectivity index (χ3v) is 5.11. The number of sulfonamides is 1. The van der Waals surface area contributed by atoms with E-state index in [1.165, 1.54) is 25.3 Å². The second-order valence-electron chi connectivity index (χ2n) is 6.41. The summed E-state index contributed by atoms with van der Waals surface area (Å²) in [7, 11) is -3.77. The number of rotatable bonds is 7. The smallest absolute Gasteiger partial charge is 0.257 e. The number of hydrogen-bond acceptors (Lipinski definition) is 6. The summed E-state index contributed by atoms with van der Waals surface area (Å²) in [5, 5.41) is 7.81. The zero-order valence-corrected chi connectivity index (χ0v) is 16.8. The van der Waals surface area contributed by atoms with E-state index in [0.717, 1.165) is 0 Å². The molecule has 0 saturated carbocycles. The van der Waals surface area contributed by atoms with Crippen molar-refractivity contribution in [2.45, 2.75) is 18.4 Å². The van der Waals surface area contributed by atoms with E-state index in [-0.39, 0.29) is 28.7 Å². The Kier molecular flexibility index (Phi) is 6.24. The molecule has 0 bridgehead atoms. The van der Waals surface area contributed by atoms with Crippen LogP contribution >= 0.6 is 0 Å². The van der Waals surface area contributed by atoms with Gasteiger partial charge in [0, 0.05) is 18.3 Å². The molecule has 0 fully saturated rings. The van der Waals surface area contributed by atoms with Crippen LogP contribution in [0.4, 0.5) is 0 Å². The van der Waals surface area contributed by atoms with Crippen molar-refractivity contribution in [3.8, 4) is 11.6 Å². The molecule has 30 heavy (non-hydrogen) atoms. The number of primary sulfonamides is 1. The van der Waals surface area contributed by atoms with Crippen LogP contribution in [-0.4, -0.2) is 25.1 Å². The van der Waals surface area contributed by atoms with E-state index in [1.807, 2.05) is 0 Å². The number of aromatic nitrogens is 1. The minimum absolute atomic E-state index is 0.00619. The molecule has 3 aromatic rings. The van der Waals surface area contributed by atoms with E-state index < -0.39 is 15.9 Å². The number of ketones is 1. The molecule has 0 radical (unpaired) electrons. The largest absolute Gasteiger partial charge is 0.438 e. The summed E-state index contributed by atoms with van der Waals surface area (Å²) in [5.41, 5.74) is 1.39. The van der Waals surface area contributed by atoms with Crippen molar-refractivity contribution in [2.75, 3.05) is 0 Å². The zero-order valence-electron chi connectivity index (χ0n) is 16.0. The van der Waals surface area contributed by atoms with Crippen molar-refractivity contribution >= 4 is 21.7 Å². The maximum Gasteiger partial charge on any atom is 0.257 e. The third kappa shape index (κ3) is 5.28. The molecule has 1 aromatic heterocycles. The molecule has 2 aromatic carbocycles. The number of pyridine rings is 1. The van der Waals surface area contributed by atoms with Crippen molar-refractivity contribution in [1.82, 2.24) is 10.3 Å². The highest BCUT2D eigenvalue weighted by Gasteiger charge is 2.15. The zero-order chi connectivity index (χ0) is 21.7. The molecule has 0 aliphatic carbocycles. The van der Waals surface area contributed by atoms with Gasteiger partial charge in [0.15, 0.2) is 5.78 Å². The summed E-state index contributed by atoms with van der Waals surface area (Å²) in [6.07, 6.45) is 1.49.